The van der Waals surface area contributed by atoms with Crippen LogP contribution in [-0.4, -0.2) is 4.57 Å². The molecule has 1 aromatic carbocycles. The molecule has 0 atom stereocenters. The fourth-order valence-corrected chi connectivity index (χ4v) is 1.50. The Balaban J connectivity index is 0.00000112. The Bertz CT molecular complexity index is 417. The number of hydrogen-bond acceptors (Lipinski definition) is 0. The van der Waals surface area contributed by atoms with E-state index in [1.807, 2.05) is 17.8 Å². The Morgan fingerprint density at radius 3 is 2.40 bits per heavy atom. The Labute approximate surface area is 101 Å². The summed E-state index contributed by atoms with van der Waals surface area (Å²) in [7, 11) is 2.03. The van der Waals surface area contributed by atoms with Gasteiger partial charge >= 0.3 is 0 Å². The molecule has 1 aromatic heterocycles. The largest absolute Gasteiger partial charge is 1.00 e. The van der Waals surface area contributed by atoms with Gasteiger partial charge in [-0.05, 0) is 12.5 Å². The van der Waals surface area contributed by atoms with Crippen molar-refractivity contribution in [3.63, 3.8) is 0 Å². The van der Waals surface area contributed by atoms with E-state index in [1.165, 1.54) is 11.1 Å². The monoisotopic (exact) mass is 266 g/mol. The summed E-state index contributed by atoms with van der Waals surface area (Å²) in [6, 6.07) is 8.66. The van der Waals surface area contributed by atoms with Crippen LogP contribution in [0.25, 0.3) is 0 Å². The summed E-state index contributed by atoms with van der Waals surface area (Å²) in [5, 5.41) is 0. The van der Waals surface area contributed by atoms with Gasteiger partial charge in [-0.1, -0.05) is 29.8 Å². The topological polar surface area (TPSA) is 8.81 Å². The second-order valence-corrected chi connectivity index (χ2v) is 3.74. The molecule has 0 saturated heterocycles. The zero-order valence-electron chi connectivity index (χ0n) is 9.02. The standard InChI is InChI=1S/C12H15N2.BrH/c1-11-3-5-12(6-4-11)9-14-8-7-13(2)10-14;/h3-8,10H,9H2,1-2H3;1H/q+1;/p-1. The minimum Gasteiger partial charge on any atom is -1.00 e. The number of aryl methyl sites for hydroxylation is 2. The molecule has 0 fully saturated rings. The first-order valence-electron chi connectivity index (χ1n) is 4.80. The van der Waals surface area contributed by atoms with Crippen molar-refractivity contribution < 1.29 is 21.5 Å². The summed E-state index contributed by atoms with van der Waals surface area (Å²) >= 11 is 0. The van der Waals surface area contributed by atoms with Gasteiger partial charge in [0.1, 0.15) is 18.9 Å². The third kappa shape index (κ3) is 3.20. The molecule has 0 aliphatic heterocycles. The second kappa shape index (κ2) is 5.12. The van der Waals surface area contributed by atoms with Crippen LogP contribution in [0.15, 0.2) is 43.0 Å². The van der Waals surface area contributed by atoms with Gasteiger partial charge in [0.15, 0.2) is 0 Å². The average Bonchev–Trinajstić information content (AvgIpc) is 2.56. The van der Waals surface area contributed by atoms with Crippen LogP contribution in [-0.2, 0) is 13.6 Å². The normalized spacial score (nSPS) is 9.73. The second-order valence-electron chi connectivity index (χ2n) is 3.74. The average molecular weight is 267 g/mol. The number of nitrogens with zero attached hydrogens (tertiary/aromatic N) is 2. The highest BCUT2D eigenvalue weighted by molar-refractivity contribution is 5.21. The van der Waals surface area contributed by atoms with Crippen molar-refractivity contribution in [1.82, 2.24) is 4.57 Å². The maximum absolute atomic E-state index is 2.18. The van der Waals surface area contributed by atoms with Crippen LogP contribution < -0.4 is 21.5 Å². The molecular formula is C12H15BrN2. The maximum atomic E-state index is 2.18. The molecule has 80 valence electrons. The fraction of sp³-hybridized carbons (Fsp3) is 0.250. The van der Waals surface area contributed by atoms with Crippen molar-refractivity contribution in [2.75, 3.05) is 0 Å². The van der Waals surface area contributed by atoms with Gasteiger partial charge in [0, 0.05) is 0 Å². The molecule has 2 aromatic rings. The molecule has 15 heavy (non-hydrogen) atoms. The predicted molar refractivity (Wildman–Crippen MR) is 55.9 cm³/mol. The quantitative estimate of drug-likeness (QED) is 0.596. The van der Waals surface area contributed by atoms with Crippen LogP contribution >= 0.6 is 0 Å². The Hall–Kier alpha value is -1.09. The molecule has 0 aliphatic rings. The third-order valence-electron chi connectivity index (χ3n) is 2.31. The van der Waals surface area contributed by atoms with E-state index in [1.54, 1.807) is 0 Å². The van der Waals surface area contributed by atoms with Gasteiger partial charge in [-0.15, -0.1) is 0 Å². The van der Waals surface area contributed by atoms with Crippen molar-refractivity contribution in [2.45, 2.75) is 13.5 Å². The molecular weight excluding hydrogens is 252 g/mol. The molecule has 0 N–H and O–H groups in total. The molecule has 0 amide bonds. The highest BCUT2D eigenvalue weighted by Crippen LogP contribution is 2.04. The van der Waals surface area contributed by atoms with E-state index in [4.69, 9.17) is 0 Å². The number of halogens is 1. The SMILES string of the molecule is Cc1ccc(Cn2cc[n+](C)c2)cc1.[Br-]. The Morgan fingerprint density at radius 2 is 1.87 bits per heavy atom. The van der Waals surface area contributed by atoms with E-state index in [-0.39, 0.29) is 17.0 Å². The molecule has 0 aliphatic carbocycles. The van der Waals surface area contributed by atoms with Crippen LogP contribution in [0.4, 0.5) is 0 Å². The van der Waals surface area contributed by atoms with Crippen LogP contribution in [0.1, 0.15) is 11.1 Å². The van der Waals surface area contributed by atoms with Gasteiger partial charge in [-0.25, -0.2) is 9.13 Å². The van der Waals surface area contributed by atoms with Gasteiger partial charge in [-0.2, -0.15) is 0 Å². The molecule has 0 radical (unpaired) electrons. The van der Waals surface area contributed by atoms with Crippen molar-refractivity contribution in [1.29, 1.82) is 0 Å². The molecule has 2 nitrogen and oxygen atoms in total. The number of rotatable bonds is 2. The van der Waals surface area contributed by atoms with Crippen molar-refractivity contribution in [3.8, 4) is 0 Å². The molecule has 1 heterocycles. The van der Waals surface area contributed by atoms with Gasteiger partial charge in [0.2, 0.25) is 6.33 Å². The van der Waals surface area contributed by atoms with E-state index in [9.17, 15) is 0 Å². The molecule has 0 spiro atoms. The molecule has 0 unspecified atom stereocenters. The highest BCUT2D eigenvalue weighted by Gasteiger charge is 2.00. The molecule has 0 bridgehead atoms. The lowest BCUT2D eigenvalue weighted by atomic mass is 10.1. The van der Waals surface area contributed by atoms with Gasteiger partial charge in [-0.3, -0.25) is 0 Å². The lowest BCUT2D eigenvalue weighted by Crippen LogP contribution is -3.00. The van der Waals surface area contributed by atoms with Crippen LogP contribution in [0.5, 0.6) is 0 Å². The predicted octanol–water partition coefficient (Wildman–Crippen LogP) is -1.33. The fourth-order valence-electron chi connectivity index (χ4n) is 1.50. The lowest BCUT2D eigenvalue weighted by Gasteiger charge is -1.98. The van der Waals surface area contributed by atoms with E-state index in [0.717, 1.165) is 6.54 Å². The zero-order valence-corrected chi connectivity index (χ0v) is 10.6. The minimum atomic E-state index is 0. The summed E-state index contributed by atoms with van der Waals surface area (Å²) in [4.78, 5) is 0. The summed E-state index contributed by atoms with van der Waals surface area (Å²) in [6.07, 6.45) is 6.22. The maximum Gasteiger partial charge on any atom is 0.243 e. The lowest BCUT2D eigenvalue weighted by molar-refractivity contribution is -0.671. The minimum absolute atomic E-state index is 0. The van der Waals surface area contributed by atoms with Crippen molar-refractivity contribution in [2.24, 2.45) is 7.05 Å². The van der Waals surface area contributed by atoms with Crippen LogP contribution in [0.2, 0.25) is 0 Å². The van der Waals surface area contributed by atoms with Gasteiger partial charge in [0.25, 0.3) is 0 Å². The van der Waals surface area contributed by atoms with Gasteiger partial charge in [0.05, 0.1) is 7.05 Å². The first kappa shape index (κ1) is 12.0. The summed E-state index contributed by atoms with van der Waals surface area (Å²) in [5.41, 5.74) is 2.65. The molecule has 0 saturated carbocycles. The van der Waals surface area contributed by atoms with E-state index >= 15 is 0 Å². The summed E-state index contributed by atoms with van der Waals surface area (Å²) in [6.45, 7) is 3.06. The number of benzene rings is 1. The summed E-state index contributed by atoms with van der Waals surface area (Å²) in [5.74, 6) is 0. The van der Waals surface area contributed by atoms with Crippen LogP contribution in [0.3, 0.4) is 0 Å². The van der Waals surface area contributed by atoms with Gasteiger partial charge < -0.3 is 17.0 Å². The van der Waals surface area contributed by atoms with Crippen molar-refractivity contribution >= 4 is 0 Å². The van der Waals surface area contributed by atoms with Crippen LogP contribution in [0, 0.1) is 6.92 Å². The van der Waals surface area contributed by atoms with E-state index < -0.39 is 0 Å². The van der Waals surface area contributed by atoms with E-state index in [2.05, 4.69) is 48.3 Å². The zero-order chi connectivity index (χ0) is 9.97. The Morgan fingerprint density at radius 1 is 1.20 bits per heavy atom. The first-order chi connectivity index (χ1) is 6.74. The number of aromatic nitrogens is 2. The molecule has 3 heteroatoms. The molecule has 2 rings (SSSR count). The Kier molecular flexibility index (Phi) is 4.09. The highest BCUT2D eigenvalue weighted by atomic mass is 79.9. The third-order valence-corrected chi connectivity index (χ3v) is 2.31. The first-order valence-corrected chi connectivity index (χ1v) is 4.80. The van der Waals surface area contributed by atoms with Crippen molar-refractivity contribution in [3.05, 3.63) is 54.1 Å². The van der Waals surface area contributed by atoms with E-state index in [0.29, 0.717) is 0 Å². The summed E-state index contributed by atoms with van der Waals surface area (Å²) < 4.78 is 4.22. The number of imidazole rings is 1. The number of hydrogen-bond donors (Lipinski definition) is 0. The smallest absolute Gasteiger partial charge is 0.243 e.